The minimum absolute atomic E-state index is 0.0712. The molecule has 0 bridgehead atoms. The van der Waals surface area contributed by atoms with Crippen LogP contribution in [0.15, 0.2) is 0 Å². The first-order valence-corrected chi connectivity index (χ1v) is 6.67. The van der Waals surface area contributed by atoms with Gasteiger partial charge in [0.1, 0.15) is 0 Å². The number of ether oxygens (including phenoxy) is 2. The summed E-state index contributed by atoms with van der Waals surface area (Å²) < 4.78 is 11.2. The van der Waals surface area contributed by atoms with Crippen LogP contribution in [0, 0.1) is 5.92 Å². The van der Waals surface area contributed by atoms with Crippen LogP contribution in [0.3, 0.4) is 0 Å². The van der Waals surface area contributed by atoms with Crippen LogP contribution < -0.4 is 5.73 Å². The number of aliphatic hydroxyl groups excluding tert-OH is 1. The van der Waals surface area contributed by atoms with Crippen LogP contribution >= 0.6 is 11.8 Å². The van der Waals surface area contributed by atoms with Crippen molar-refractivity contribution in [2.45, 2.75) is 38.4 Å². The van der Waals surface area contributed by atoms with E-state index >= 15 is 0 Å². The van der Waals surface area contributed by atoms with Crippen molar-refractivity contribution in [3.8, 4) is 0 Å². The Morgan fingerprint density at radius 3 is 2.73 bits per heavy atom. The van der Waals surface area contributed by atoms with Crippen LogP contribution in [0.5, 0.6) is 0 Å². The Bertz CT molecular complexity index is 194. The van der Waals surface area contributed by atoms with Gasteiger partial charge >= 0.3 is 0 Å². The normalized spacial score (nSPS) is 41.8. The van der Waals surface area contributed by atoms with Gasteiger partial charge in [-0.2, -0.15) is 11.8 Å². The summed E-state index contributed by atoms with van der Waals surface area (Å²) in [5.74, 6) is 0.862. The molecule has 1 aliphatic heterocycles. The van der Waals surface area contributed by atoms with Crippen LogP contribution in [-0.4, -0.2) is 48.3 Å². The molecule has 0 aromatic rings. The van der Waals surface area contributed by atoms with Crippen molar-refractivity contribution in [1.29, 1.82) is 0 Å². The number of hydrogen-bond acceptors (Lipinski definition) is 5. The molecule has 0 amide bonds. The zero-order valence-corrected chi connectivity index (χ0v) is 10.4. The number of aliphatic hydroxyl groups is 1. The number of thioether (sulfide) groups is 1. The predicted molar refractivity (Wildman–Crippen MR) is 61.8 cm³/mol. The van der Waals surface area contributed by atoms with Gasteiger partial charge in [0.2, 0.25) is 0 Å². The fraction of sp³-hybridized carbons (Fsp3) is 1.00. The van der Waals surface area contributed by atoms with Gasteiger partial charge < -0.3 is 20.3 Å². The fourth-order valence-corrected chi connectivity index (χ4v) is 1.92. The molecule has 0 aromatic carbocycles. The molecule has 1 saturated heterocycles. The molecule has 0 radical (unpaired) electrons. The lowest BCUT2D eigenvalue weighted by Gasteiger charge is -2.40. The molecule has 0 aliphatic carbocycles. The largest absolute Gasteiger partial charge is 0.391 e. The molecule has 0 aromatic heterocycles. The number of rotatable bonds is 4. The van der Waals surface area contributed by atoms with Crippen LogP contribution in [0.1, 0.15) is 13.8 Å². The first kappa shape index (κ1) is 13.3. The van der Waals surface area contributed by atoms with Crippen molar-refractivity contribution in [1.82, 2.24) is 0 Å². The van der Waals surface area contributed by atoms with Gasteiger partial charge in [-0.15, -0.1) is 0 Å². The van der Waals surface area contributed by atoms with Gasteiger partial charge in [-0.25, -0.2) is 0 Å². The molecule has 1 aliphatic rings. The van der Waals surface area contributed by atoms with E-state index in [0.29, 0.717) is 6.61 Å². The van der Waals surface area contributed by atoms with Gasteiger partial charge in [-0.05, 0) is 13.2 Å². The Hall–Kier alpha value is 0.190. The van der Waals surface area contributed by atoms with Gasteiger partial charge in [0.15, 0.2) is 6.29 Å². The Balaban J connectivity index is 2.43. The molecule has 1 fully saturated rings. The summed E-state index contributed by atoms with van der Waals surface area (Å²) in [6.45, 7) is 4.41. The van der Waals surface area contributed by atoms with Crippen molar-refractivity contribution in [3.63, 3.8) is 0 Å². The van der Waals surface area contributed by atoms with Crippen LogP contribution in [0.25, 0.3) is 0 Å². The molecule has 90 valence electrons. The fourth-order valence-electron chi connectivity index (χ4n) is 1.65. The summed E-state index contributed by atoms with van der Waals surface area (Å²) in [5.41, 5.74) is 5.79. The summed E-state index contributed by atoms with van der Waals surface area (Å²) >= 11 is 1.73. The van der Waals surface area contributed by atoms with Crippen molar-refractivity contribution < 1.29 is 14.6 Å². The average molecular weight is 235 g/mol. The quantitative estimate of drug-likeness (QED) is 0.692. The minimum atomic E-state index is -0.548. The van der Waals surface area contributed by atoms with E-state index in [1.54, 1.807) is 11.8 Å². The standard InChI is InChI=1S/C10H21NO3S/c1-6-9(12)8(11)7(2)14-10(6)13-4-5-15-3/h6-10,12H,4-5,11H2,1-3H3/t6?,7?,8-,9+,10-/m0/s1. The lowest BCUT2D eigenvalue weighted by atomic mass is 9.91. The van der Waals surface area contributed by atoms with E-state index in [0.717, 1.165) is 5.75 Å². The van der Waals surface area contributed by atoms with E-state index in [4.69, 9.17) is 15.2 Å². The second kappa shape index (κ2) is 6.06. The average Bonchev–Trinajstić information content (AvgIpc) is 2.23. The third-order valence-electron chi connectivity index (χ3n) is 2.82. The molecule has 15 heavy (non-hydrogen) atoms. The van der Waals surface area contributed by atoms with Crippen molar-refractivity contribution in [2.24, 2.45) is 11.7 Å². The van der Waals surface area contributed by atoms with E-state index in [-0.39, 0.29) is 24.4 Å². The van der Waals surface area contributed by atoms with Gasteiger partial charge in [-0.3, -0.25) is 0 Å². The first-order valence-electron chi connectivity index (χ1n) is 5.27. The third kappa shape index (κ3) is 3.32. The molecule has 2 unspecified atom stereocenters. The number of nitrogens with two attached hydrogens (primary N) is 1. The molecular formula is C10H21NO3S. The Morgan fingerprint density at radius 1 is 1.47 bits per heavy atom. The van der Waals surface area contributed by atoms with Crippen molar-refractivity contribution in [3.05, 3.63) is 0 Å². The predicted octanol–water partition coefficient (Wildman–Crippen LogP) is 0.435. The van der Waals surface area contributed by atoms with E-state index in [1.807, 2.05) is 20.1 Å². The Labute approximate surface area is 95.5 Å². The maximum absolute atomic E-state index is 9.85. The van der Waals surface area contributed by atoms with E-state index < -0.39 is 6.10 Å². The molecule has 1 rings (SSSR count). The summed E-state index contributed by atoms with van der Waals surface area (Å²) in [6.07, 6.45) is 0.993. The minimum Gasteiger partial charge on any atom is -0.391 e. The maximum atomic E-state index is 9.85. The zero-order chi connectivity index (χ0) is 11.4. The van der Waals surface area contributed by atoms with E-state index in [1.165, 1.54) is 0 Å². The van der Waals surface area contributed by atoms with Crippen molar-refractivity contribution >= 4 is 11.8 Å². The monoisotopic (exact) mass is 235 g/mol. The molecule has 0 saturated carbocycles. The van der Waals surface area contributed by atoms with E-state index in [2.05, 4.69) is 0 Å². The van der Waals surface area contributed by atoms with Crippen LogP contribution in [-0.2, 0) is 9.47 Å². The number of hydrogen-bond donors (Lipinski definition) is 2. The first-order chi connectivity index (χ1) is 7.07. The molecule has 0 spiro atoms. The van der Waals surface area contributed by atoms with Crippen LogP contribution in [0.2, 0.25) is 0 Å². The highest BCUT2D eigenvalue weighted by Gasteiger charge is 2.39. The second-order valence-corrected chi connectivity index (χ2v) is 4.99. The SMILES string of the molecule is CSCCO[C@H]1OC(C)[C@H](N)[C@H](O)C1C. The van der Waals surface area contributed by atoms with Crippen molar-refractivity contribution in [2.75, 3.05) is 18.6 Å². The van der Waals surface area contributed by atoms with Gasteiger partial charge in [0.05, 0.1) is 24.9 Å². The summed E-state index contributed by atoms with van der Waals surface area (Å²) in [6, 6.07) is -0.319. The van der Waals surface area contributed by atoms with E-state index in [9.17, 15) is 5.11 Å². The molecule has 5 heteroatoms. The second-order valence-electron chi connectivity index (χ2n) is 4.00. The highest BCUT2D eigenvalue weighted by Crippen LogP contribution is 2.25. The molecule has 1 heterocycles. The maximum Gasteiger partial charge on any atom is 0.163 e. The third-order valence-corrected chi connectivity index (χ3v) is 3.40. The molecule has 5 atom stereocenters. The zero-order valence-electron chi connectivity index (χ0n) is 9.55. The Kier molecular flexibility index (Phi) is 5.35. The highest BCUT2D eigenvalue weighted by atomic mass is 32.2. The highest BCUT2D eigenvalue weighted by molar-refractivity contribution is 7.98. The summed E-state index contributed by atoms with van der Waals surface area (Å²) in [7, 11) is 0. The molecule has 4 nitrogen and oxygen atoms in total. The molecule has 3 N–H and O–H groups in total. The lowest BCUT2D eigenvalue weighted by Crippen LogP contribution is -2.57. The topological polar surface area (TPSA) is 64.7 Å². The molecular weight excluding hydrogens is 214 g/mol. The van der Waals surface area contributed by atoms with Gasteiger partial charge in [-0.1, -0.05) is 6.92 Å². The Morgan fingerprint density at radius 2 is 2.13 bits per heavy atom. The van der Waals surface area contributed by atoms with Crippen LogP contribution in [0.4, 0.5) is 0 Å². The smallest absolute Gasteiger partial charge is 0.163 e. The summed E-state index contributed by atoms with van der Waals surface area (Å²) in [5, 5.41) is 9.85. The summed E-state index contributed by atoms with van der Waals surface area (Å²) in [4.78, 5) is 0. The van der Waals surface area contributed by atoms with Gasteiger partial charge in [0, 0.05) is 11.7 Å². The van der Waals surface area contributed by atoms with Gasteiger partial charge in [0.25, 0.3) is 0 Å². The lowest BCUT2D eigenvalue weighted by molar-refractivity contribution is -0.243.